The molecular weight excluding hydrogens is 142 g/mol. The zero-order chi connectivity index (χ0) is 2.71. The monoisotopic (exact) mass is 143 g/mol. The molecule has 0 saturated carbocycles. The fraction of sp³-hybridized carbons (Fsp3) is 0. The molecule has 0 bridgehead atoms. The van der Waals surface area contributed by atoms with Gasteiger partial charge in [-0.05, 0) is 0 Å². The molecule has 0 unspecified atom stereocenters. The molecule has 0 N–H and O–H groups in total. The molecule has 5 heavy (non-hydrogen) atoms. The Labute approximate surface area is 58.3 Å². The van der Waals surface area contributed by atoms with Crippen LogP contribution in [-0.4, -0.2) is 23.1 Å². The van der Waals surface area contributed by atoms with Crippen LogP contribution in [0.1, 0.15) is 0 Å². The van der Waals surface area contributed by atoms with Crippen molar-refractivity contribution in [3.63, 3.8) is 0 Å². The summed E-state index contributed by atoms with van der Waals surface area (Å²) in [6.45, 7) is 2.79. The van der Waals surface area contributed by atoms with E-state index in [1.165, 1.54) is 6.07 Å². The second kappa shape index (κ2) is 23.2. The van der Waals surface area contributed by atoms with Gasteiger partial charge in [-0.3, -0.25) is 0 Å². The van der Waals surface area contributed by atoms with Crippen molar-refractivity contribution in [2.45, 2.75) is 0 Å². The molecule has 0 rings (SSSR count). The van der Waals surface area contributed by atoms with Crippen LogP contribution in [0.2, 0.25) is 0 Å². The molecule has 24 valence electrons. The maximum Gasteiger partial charge on any atom is 2.00 e. The van der Waals surface area contributed by atoms with Crippen molar-refractivity contribution in [3.8, 4) is 6.07 Å². The molecule has 0 aromatic carbocycles. The van der Waals surface area contributed by atoms with Gasteiger partial charge in [0, 0.05) is 0 Å². The van der Waals surface area contributed by atoms with Gasteiger partial charge in [-0.15, -0.1) is 6.07 Å². The second-order valence-corrected chi connectivity index (χ2v) is 0.158. The van der Waals surface area contributed by atoms with E-state index in [-0.39, 0.29) is 40.0 Å². The molecule has 0 spiro atoms. The first-order chi connectivity index (χ1) is 1.41. The van der Waals surface area contributed by atoms with Gasteiger partial charge < -0.3 is 23.9 Å². The number of halogens is 1. The standard InChI is InChI=1S/C2H2N.BrH.Mg/c1-2-3;;/h1H2;1H;/q-1;;+2/p-1. The largest absolute Gasteiger partial charge is 2.00 e. The van der Waals surface area contributed by atoms with Crippen LogP contribution in [0, 0.1) is 18.3 Å². The average molecular weight is 144 g/mol. The Morgan fingerprint density at radius 2 is 1.60 bits per heavy atom. The van der Waals surface area contributed by atoms with E-state index < -0.39 is 0 Å². The second-order valence-electron chi connectivity index (χ2n) is 0.158. The van der Waals surface area contributed by atoms with Gasteiger partial charge >= 0.3 is 23.1 Å². The third-order valence-electron chi connectivity index (χ3n) is 0. The van der Waals surface area contributed by atoms with Gasteiger partial charge in [0.05, 0.1) is 0 Å². The smallest absolute Gasteiger partial charge is 1.00 e. The fourth-order valence-corrected chi connectivity index (χ4v) is 0. The number of hydrogen-bond acceptors (Lipinski definition) is 1. The minimum atomic E-state index is 0. The SMILES string of the molecule is [Br-].[CH2-]C#N.[Mg+2]. The minimum absolute atomic E-state index is 0. The Morgan fingerprint density at radius 1 is 1.60 bits per heavy atom. The van der Waals surface area contributed by atoms with E-state index >= 15 is 0 Å². The van der Waals surface area contributed by atoms with Gasteiger partial charge in [-0.2, -0.15) is 0 Å². The summed E-state index contributed by atoms with van der Waals surface area (Å²) in [7, 11) is 0. The van der Waals surface area contributed by atoms with Crippen molar-refractivity contribution in [3.05, 3.63) is 6.92 Å². The number of nitrogens with zero attached hydrogens (tertiary/aromatic N) is 1. The van der Waals surface area contributed by atoms with Crippen molar-refractivity contribution in [1.29, 1.82) is 5.26 Å². The molecular formula is C2H2BrMgN. The van der Waals surface area contributed by atoms with Gasteiger partial charge in [0.2, 0.25) is 0 Å². The van der Waals surface area contributed by atoms with Crippen LogP contribution in [0.3, 0.4) is 0 Å². The number of hydrogen-bond donors (Lipinski definition) is 0. The predicted molar refractivity (Wildman–Crippen MR) is 16.7 cm³/mol. The summed E-state index contributed by atoms with van der Waals surface area (Å²) >= 11 is 0. The predicted octanol–water partition coefficient (Wildman–Crippen LogP) is -3.03. The first-order valence-electron chi connectivity index (χ1n) is 0.577. The Morgan fingerprint density at radius 3 is 1.60 bits per heavy atom. The maximum atomic E-state index is 7.21. The summed E-state index contributed by atoms with van der Waals surface area (Å²) in [6.07, 6.45) is 0. The summed E-state index contributed by atoms with van der Waals surface area (Å²) in [6, 6.07) is 1.50. The van der Waals surface area contributed by atoms with Crippen molar-refractivity contribution in [1.82, 2.24) is 0 Å². The first kappa shape index (κ1) is 17.5. The molecule has 0 aromatic heterocycles. The normalized spacial score (nSPS) is 1.40. The van der Waals surface area contributed by atoms with E-state index in [9.17, 15) is 0 Å². The zero-order valence-corrected chi connectivity index (χ0v) is 5.74. The van der Waals surface area contributed by atoms with E-state index in [4.69, 9.17) is 5.26 Å². The van der Waals surface area contributed by atoms with Crippen LogP contribution in [0.15, 0.2) is 0 Å². The Hall–Kier alpha value is 0.606. The molecule has 0 aliphatic heterocycles. The molecule has 0 heterocycles. The van der Waals surface area contributed by atoms with Crippen LogP contribution in [0.4, 0.5) is 0 Å². The van der Waals surface area contributed by atoms with E-state index in [1.54, 1.807) is 0 Å². The molecule has 0 aliphatic rings. The third-order valence-corrected chi connectivity index (χ3v) is 0. The molecule has 0 amide bonds. The average Bonchev–Trinajstić information content (AvgIpc) is 0.918. The summed E-state index contributed by atoms with van der Waals surface area (Å²) in [5, 5.41) is 7.21. The van der Waals surface area contributed by atoms with E-state index in [0.29, 0.717) is 0 Å². The van der Waals surface area contributed by atoms with Crippen LogP contribution in [0.5, 0.6) is 0 Å². The third kappa shape index (κ3) is 85.1. The molecule has 0 aliphatic carbocycles. The Bertz CT molecular complexity index is 31.1. The summed E-state index contributed by atoms with van der Waals surface area (Å²) in [5.74, 6) is 0. The van der Waals surface area contributed by atoms with Gasteiger partial charge in [0.15, 0.2) is 0 Å². The van der Waals surface area contributed by atoms with Gasteiger partial charge in [-0.25, -0.2) is 5.26 Å². The van der Waals surface area contributed by atoms with Crippen LogP contribution >= 0.6 is 0 Å². The Kier molecular flexibility index (Phi) is 81.3. The maximum absolute atomic E-state index is 7.21. The quantitative estimate of drug-likeness (QED) is 0.262. The molecule has 1 nitrogen and oxygen atoms in total. The zero-order valence-electron chi connectivity index (χ0n) is 2.74. The molecule has 0 saturated heterocycles. The molecule has 0 aromatic rings. The Balaban J connectivity index is -0.0000000200. The molecule has 3 heteroatoms. The molecule has 0 radical (unpaired) electrons. The summed E-state index contributed by atoms with van der Waals surface area (Å²) < 4.78 is 0. The van der Waals surface area contributed by atoms with Crippen molar-refractivity contribution in [2.75, 3.05) is 0 Å². The molecule has 0 fully saturated rings. The summed E-state index contributed by atoms with van der Waals surface area (Å²) in [4.78, 5) is 0. The number of nitriles is 1. The van der Waals surface area contributed by atoms with E-state index in [0.717, 1.165) is 0 Å². The topological polar surface area (TPSA) is 23.8 Å². The van der Waals surface area contributed by atoms with Crippen molar-refractivity contribution >= 4 is 23.1 Å². The van der Waals surface area contributed by atoms with Crippen LogP contribution in [0.25, 0.3) is 0 Å². The van der Waals surface area contributed by atoms with Crippen molar-refractivity contribution in [2.24, 2.45) is 0 Å². The summed E-state index contributed by atoms with van der Waals surface area (Å²) in [5.41, 5.74) is 0. The van der Waals surface area contributed by atoms with E-state index in [2.05, 4.69) is 6.92 Å². The minimum Gasteiger partial charge on any atom is -1.00 e. The fourth-order valence-electron chi connectivity index (χ4n) is 0. The van der Waals surface area contributed by atoms with Gasteiger partial charge in [0.1, 0.15) is 0 Å². The molecule has 0 atom stereocenters. The van der Waals surface area contributed by atoms with E-state index in [1.807, 2.05) is 0 Å². The van der Waals surface area contributed by atoms with Crippen molar-refractivity contribution < 1.29 is 17.0 Å². The van der Waals surface area contributed by atoms with Crippen LogP contribution < -0.4 is 17.0 Å². The van der Waals surface area contributed by atoms with Gasteiger partial charge in [0.25, 0.3) is 0 Å². The number of rotatable bonds is 0. The van der Waals surface area contributed by atoms with Gasteiger partial charge in [-0.1, -0.05) is 0 Å². The van der Waals surface area contributed by atoms with Crippen LogP contribution in [-0.2, 0) is 0 Å². The first-order valence-corrected chi connectivity index (χ1v) is 0.577.